The third-order valence-electron chi connectivity index (χ3n) is 3.15. The van der Waals surface area contributed by atoms with Gasteiger partial charge in [0, 0.05) is 0 Å². The van der Waals surface area contributed by atoms with Gasteiger partial charge in [-0.3, -0.25) is 4.79 Å². The highest BCUT2D eigenvalue weighted by Crippen LogP contribution is 2.36. The molecule has 0 aliphatic carbocycles. The minimum atomic E-state index is -0.457. The number of amides is 1. The maximum Gasteiger partial charge on any atom is 0.262 e. The van der Waals surface area contributed by atoms with Gasteiger partial charge >= 0.3 is 0 Å². The first-order valence-corrected chi connectivity index (χ1v) is 6.45. The van der Waals surface area contributed by atoms with E-state index < -0.39 is 5.82 Å². The van der Waals surface area contributed by atoms with Crippen LogP contribution < -0.4 is 10.1 Å². The van der Waals surface area contributed by atoms with Gasteiger partial charge in [0.1, 0.15) is 11.6 Å². The van der Waals surface area contributed by atoms with E-state index >= 15 is 0 Å². The van der Waals surface area contributed by atoms with Crippen molar-refractivity contribution in [3.8, 4) is 16.9 Å². The lowest BCUT2D eigenvalue weighted by Crippen LogP contribution is -2.25. The Morgan fingerprint density at radius 3 is 2.80 bits per heavy atom. The molecule has 1 N–H and O–H groups in total. The minimum Gasteiger partial charge on any atom is -0.481 e. The van der Waals surface area contributed by atoms with Gasteiger partial charge in [0.25, 0.3) is 5.91 Å². The maximum absolute atomic E-state index is 13.2. The molecular formula is C15H11ClFNO2. The van der Waals surface area contributed by atoms with Crippen molar-refractivity contribution in [3.05, 3.63) is 46.7 Å². The summed E-state index contributed by atoms with van der Waals surface area (Å²) in [4.78, 5) is 11.4. The number of nitrogens with one attached hydrogen (secondary N) is 1. The molecule has 0 radical (unpaired) electrons. The van der Waals surface area contributed by atoms with Crippen molar-refractivity contribution in [1.82, 2.24) is 0 Å². The van der Waals surface area contributed by atoms with E-state index in [-0.39, 0.29) is 17.5 Å². The van der Waals surface area contributed by atoms with Crippen molar-refractivity contribution in [1.29, 1.82) is 0 Å². The first-order chi connectivity index (χ1) is 9.54. The van der Waals surface area contributed by atoms with Crippen LogP contribution in [-0.2, 0) is 4.79 Å². The zero-order valence-corrected chi connectivity index (χ0v) is 11.4. The molecule has 0 fully saturated rings. The topological polar surface area (TPSA) is 38.3 Å². The number of halogens is 2. The fourth-order valence-electron chi connectivity index (χ4n) is 2.22. The van der Waals surface area contributed by atoms with Crippen LogP contribution in [0, 0.1) is 12.7 Å². The second-order valence-corrected chi connectivity index (χ2v) is 5.04. The molecule has 3 nitrogen and oxygen atoms in total. The first-order valence-electron chi connectivity index (χ1n) is 6.07. The Labute approximate surface area is 120 Å². The lowest BCUT2D eigenvalue weighted by molar-refractivity contribution is -0.118. The highest BCUT2D eigenvalue weighted by Gasteiger charge is 2.19. The Bertz CT molecular complexity index is 715. The summed E-state index contributed by atoms with van der Waals surface area (Å²) in [5.74, 6) is 0.0227. The molecule has 0 saturated carbocycles. The second-order valence-electron chi connectivity index (χ2n) is 4.64. The van der Waals surface area contributed by atoms with Crippen LogP contribution in [0.1, 0.15) is 5.56 Å². The predicted octanol–water partition coefficient (Wildman–Crippen LogP) is 3.79. The number of hydrogen-bond acceptors (Lipinski definition) is 2. The van der Waals surface area contributed by atoms with E-state index in [0.717, 1.165) is 16.7 Å². The summed E-state index contributed by atoms with van der Waals surface area (Å²) in [6.45, 7) is 1.92. The second kappa shape index (κ2) is 4.80. The summed E-state index contributed by atoms with van der Waals surface area (Å²) in [6.07, 6.45) is 0. The van der Waals surface area contributed by atoms with Gasteiger partial charge in [-0.1, -0.05) is 17.7 Å². The van der Waals surface area contributed by atoms with Gasteiger partial charge in [-0.2, -0.15) is 0 Å². The Balaban J connectivity index is 2.10. The van der Waals surface area contributed by atoms with E-state index in [1.165, 1.54) is 6.07 Å². The van der Waals surface area contributed by atoms with Crippen LogP contribution >= 0.6 is 11.6 Å². The number of ether oxygens (including phenoxy) is 1. The van der Waals surface area contributed by atoms with Gasteiger partial charge in [0.05, 0.1) is 10.7 Å². The summed E-state index contributed by atoms with van der Waals surface area (Å²) in [5.41, 5.74) is 3.14. The lowest BCUT2D eigenvalue weighted by Gasteiger charge is -2.21. The Kier molecular flexibility index (Phi) is 3.10. The van der Waals surface area contributed by atoms with Gasteiger partial charge in [-0.15, -0.1) is 0 Å². The fourth-order valence-corrected chi connectivity index (χ4v) is 2.41. The summed E-state index contributed by atoms with van der Waals surface area (Å²) < 4.78 is 18.6. The lowest BCUT2D eigenvalue weighted by atomic mass is 10.0. The quantitative estimate of drug-likeness (QED) is 0.868. The Morgan fingerprint density at radius 2 is 2.05 bits per heavy atom. The van der Waals surface area contributed by atoms with Gasteiger partial charge in [-0.05, 0) is 47.9 Å². The van der Waals surface area contributed by atoms with E-state index in [1.54, 1.807) is 18.2 Å². The third kappa shape index (κ3) is 2.23. The maximum atomic E-state index is 13.2. The van der Waals surface area contributed by atoms with E-state index in [4.69, 9.17) is 16.3 Å². The van der Waals surface area contributed by atoms with Crippen LogP contribution in [0.3, 0.4) is 0 Å². The number of rotatable bonds is 1. The molecular weight excluding hydrogens is 281 g/mol. The highest BCUT2D eigenvalue weighted by atomic mass is 35.5. The smallest absolute Gasteiger partial charge is 0.262 e. The van der Waals surface area contributed by atoms with Gasteiger partial charge in [0.2, 0.25) is 0 Å². The molecule has 5 heteroatoms. The number of fused-ring (bicyclic) bond motifs is 1. The molecule has 0 bridgehead atoms. The number of hydrogen-bond donors (Lipinski definition) is 1. The normalized spacial score (nSPS) is 13.4. The molecule has 0 spiro atoms. The van der Waals surface area contributed by atoms with E-state index in [1.807, 2.05) is 13.0 Å². The van der Waals surface area contributed by atoms with Gasteiger partial charge < -0.3 is 10.1 Å². The van der Waals surface area contributed by atoms with Crippen LogP contribution in [-0.4, -0.2) is 12.5 Å². The number of benzene rings is 2. The molecule has 1 aliphatic rings. The number of carbonyl (C=O) groups is 1. The van der Waals surface area contributed by atoms with Crippen molar-refractivity contribution in [2.45, 2.75) is 6.92 Å². The molecule has 1 amide bonds. The average molecular weight is 292 g/mol. The van der Waals surface area contributed by atoms with Crippen molar-refractivity contribution in [3.63, 3.8) is 0 Å². The summed E-state index contributed by atoms with van der Waals surface area (Å²) in [6, 6.07) is 8.24. The highest BCUT2D eigenvalue weighted by molar-refractivity contribution is 6.31. The molecule has 3 rings (SSSR count). The largest absolute Gasteiger partial charge is 0.481 e. The molecule has 2 aromatic rings. The number of aryl methyl sites for hydroxylation is 1. The number of anilines is 1. The fraction of sp³-hybridized carbons (Fsp3) is 0.133. The summed E-state index contributed by atoms with van der Waals surface area (Å²) in [5, 5.41) is 2.83. The van der Waals surface area contributed by atoms with E-state index in [0.29, 0.717) is 11.4 Å². The van der Waals surface area contributed by atoms with Crippen molar-refractivity contribution in [2.75, 3.05) is 11.9 Å². The summed E-state index contributed by atoms with van der Waals surface area (Å²) in [7, 11) is 0. The zero-order valence-electron chi connectivity index (χ0n) is 10.7. The zero-order chi connectivity index (χ0) is 14.3. The predicted molar refractivity (Wildman–Crippen MR) is 75.7 cm³/mol. The molecule has 0 aromatic heterocycles. The molecule has 0 atom stereocenters. The van der Waals surface area contributed by atoms with Crippen LogP contribution in [0.4, 0.5) is 10.1 Å². The van der Waals surface area contributed by atoms with Crippen LogP contribution in [0.2, 0.25) is 5.02 Å². The van der Waals surface area contributed by atoms with Crippen LogP contribution in [0.5, 0.6) is 5.75 Å². The van der Waals surface area contributed by atoms with Crippen molar-refractivity contribution >= 4 is 23.2 Å². The molecule has 20 heavy (non-hydrogen) atoms. The van der Waals surface area contributed by atoms with E-state index in [9.17, 15) is 9.18 Å². The Hall–Kier alpha value is -2.07. The van der Waals surface area contributed by atoms with Crippen molar-refractivity contribution < 1.29 is 13.9 Å². The first kappa shape index (κ1) is 12.9. The van der Waals surface area contributed by atoms with Crippen LogP contribution in [0.15, 0.2) is 30.3 Å². The molecule has 0 unspecified atom stereocenters. The molecule has 1 aliphatic heterocycles. The minimum absolute atomic E-state index is 0.0234. The van der Waals surface area contributed by atoms with Gasteiger partial charge in [-0.25, -0.2) is 4.39 Å². The average Bonchev–Trinajstić information content (AvgIpc) is 2.41. The van der Waals surface area contributed by atoms with Crippen LogP contribution in [0.25, 0.3) is 11.1 Å². The monoisotopic (exact) mass is 291 g/mol. The molecule has 1 heterocycles. The molecule has 0 saturated heterocycles. The van der Waals surface area contributed by atoms with Gasteiger partial charge in [0.15, 0.2) is 6.61 Å². The Morgan fingerprint density at radius 1 is 1.25 bits per heavy atom. The van der Waals surface area contributed by atoms with Crippen molar-refractivity contribution in [2.24, 2.45) is 0 Å². The standard InChI is InChI=1S/C15H11ClFNO2/c1-8-4-10(9-2-3-12(17)11(16)5-9)6-13-15(8)20-7-14(19)18-13/h2-6H,7H2,1H3,(H,18,19). The SMILES string of the molecule is Cc1cc(-c2ccc(F)c(Cl)c2)cc2c1OCC(=O)N2. The molecule has 2 aromatic carbocycles. The third-order valence-corrected chi connectivity index (χ3v) is 3.44. The van der Waals surface area contributed by atoms with E-state index in [2.05, 4.69) is 5.32 Å². The number of carbonyl (C=O) groups excluding carboxylic acids is 1. The molecule has 102 valence electrons. The summed E-state index contributed by atoms with van der Waals surface area (Å²) >= 11 is 5.80.